The van der Waals surface area contributed by atoms with E-state index in [9.17, 15) is 18.8 Å². The number of aryl methyl sites for hydroxylation is 1. The Kier molecular flexibility index (Phi) is 6.78. The molecule has 168 valence electrons. The first-order chi connectivity index (χ1) is 15.1. The molecule has 1 aromatic carbocycles. The molecule has 1 fully saturated rings. The zero-order valence-corrected chi connectivity index (χ0v) is 18.7. The highest BCUT2D eigenvalue weighted by Crippen LogP contribution is 2.25. The number of carbonyl (C=O) groups is 3. The summed E-state index contributed by atoms with van der Waals surface area (Å²) in [4.78, 5) is 38.5. The van der Waals surface area contributed by atoms with Crippen molar-refractivity contribution in [3.05, 3.63) is 52.1 Å². The average molecular weight is 439 g/mol. The minimum atomic E-state index is -0.713. The zero-order chi connectivity index (χ0) is 23.6. The van der Waals surface area contributed by atoms with Crippen LogP contribution in [0.1, 0.15) is 63.4 Å². The summed E-state index contributed by atoms with van der Waals surface area (Å²) >= 11 is 0. The van der Waals surface area contributed by atoms with E-state index in [1.807, 2.05) is 0 Å². The Balaban J connectivity index is 1.78. The first-order valence-electron chi connectivity index (χ1n) is 10.6. The second kappa shape index (κ2) is 9.35. The van der Waals surface area contributed by atoms with Gasteiger partial charge in [0, 0.05) is 30.4 Å². The number of halogens is 1. The molecule has 0 atom stereocenters. The van der Waals surface area contributed by atoms with Crippen molar-refractivity contribution in [1.82, 2.24) is 9.88 Å². The first-order valence-corrected chi connectivity index (χ1v) is 10.6. The van der Waals surface area contributed by atoms with Crippen molar-refractivity contribution in [3.8, 4) is 6.07 Å². The highest BCUT2D eigenvalue weighted by molar-refractivity contribution is 6.43. The molecule has 0 bridgehead atoms. The smallest absolute Gasteiger partial charge is 0.294 e. The predicted octanol–water partition coefficient (Wildman–Crippen LogP) is 3.72. The van der Waals surface area contributed by atoms with E-state index >= 15 is 0 Å². The van der Waals surface area contributed by atoms with Crippen LogP contribution in [-0.4, -0.2) is 28.2 Å². The van der Waals surface area contributed by atoms with E-state index in [0.29, 0.717) is 53.8 Å². The van der Waals surface area contributed by atoms with E-state index in [2.05, 4.69) is 16.7 Å². The van der Waals surface area contributed by atoms with Crippen molar-refractivity contribution in [2.24, 2.45) is 13.0 Å². The number of carbonyl (C=O) groups excluding carboxylic acids is 3. The van der Waals surface area contributed by atoms with Gasteiger partial charge < -0.3 is 15.2 Å². The van der Waals surface area contributed by atoms with Crippen molar-refractivity contribution in [3.63, 3.8) is 0 Å². The monoisotopic (exact) mass is 438 g/mol. The van der Waals surface area contributed by atoms with Crippen LogP contribution in [0.3, 0.4) is 0 Å². The minimum absolute atomic E-state index is 0.00240. The summed E-state index contributed by atoms with van der Waals surface area (Å²) < 4.78 is 15.1. The molecular weight excluding hydrogens is 411 g/mol. The molecule has 2 amide bonds. The second-order valence-corrected chi connectivity index (χ2v) is 8.39. The molecule has 32 heavy (non-hydrogen) atoms. The molecule has 2 N–H and O–H groups in total. The summed E-state index contributed by atoms with van der Waals surface area (Å²) in [5.74, 6) is -2.21. The molecule has 1 saturated carbocycles. The number of anilines is 1. The van der Waals surface area contributed by atoms with E-state index in [-0.39, 0.29) is 23.5 Å². The molecule has 0 saturated heterocycles. The summed E-state index contributed by atoms with van der Waals surface area (Å²) in [6.07, 6.45) is 2.72. The SMILES string of the molecule is Cc1cc(NC(=O)c2c(C)c(C(=O)C(=O)NC3CCC(C#N)CC3)n(C)c2C)ccc1F. The number of rotatable bonds is 5. The average Bonchev–Trinajstić information content (AvgIpc) is 2.99. The van der Waals surface area contributed by atoms with Crippen LogP contribution in [0.15, 0.2) is 18.2 Å². The lowest BCUT2D eigenvalue weighted by Gasteiger charge is -2.25. The summed E-state index contributed by atoms with van der Waals surface area (Å²) in [7, 11) is 1.64. The highest BCUT2D eigenvalue weighted by atomic mass is 19.1. The third kappa shape index (κ3) is 4.57. The zero-order valence-electron chi connectivity index (χ0n) is 18.7. The van der Waals surface area contributed by atoms with Crippen LogP contribution in [-0.2, 0) is 11.8 Å². The van der Waals surface area contributed by atoms with Crippen LogP contribution < -0.4 is 10.6 Å². The number of hydrogen-bond acceptors (Lipinski definition) is 4. The summed E-state index contributed by atoms with van der Waals surface area (Å²) in [6.45, 7) is 4.94. The Bertz CT molecular complexity index is 1120. The molecular formula is C24H27FN4O3. The number of hydrogen-bond donors (Lipinski definition) is 2. The maximum atomic E-state index is 13.5. The normalized spacial score (nSPS) is 18.0. The Morgan fingerprint density at radius 3 is 2.38 bits per heavy atom. The van der Waals surface area contributed by atoms with Gasteiger partial charge in [-0.3, -0.25) is 14.4 Å². The number of nitrogens with zero attached hydrogens (tertiary/aromatic N) is 2. The van der Waals surface area contributed by atoms with Gasteiger partial charge in [-0.05, 0) is 75.8 Å². The lowest BCUT2D eigenvalue weighted by Crippen LogP contribution is -2.41. The van der Waals surface area contributed by atoms with Crippen molar-refractivity contribution in [2.75, 3.05) is 5.32 Å². The van der Waals surface area contributed by atoms with Gasteiger partial charge in [0.2, 0.25) is 0 Å². The number of ketones is 1. The summed E-state index contributed by atoms with van der Waals surface area (Å²) in [6, 6.07) is 6.38. The molecule has 0 radical (unpaired) electrons. The van der Waals surface area contributed by atoms with Crippen LogP contribution in [0.5, 0.6) is 0 Å². The third-order valence-corrected chi connectivity index (χ3v) is 6.24. The lowest BCUT2D eigenvalue weighted by atomic mass is 9.87. The van der Waals surface area contributed by atoms with Gasteiger partial charge in [0.25, 0.3) is 17.6 Å². The first kappa shape index (κ1) is 23.2. The van der Waals surface area contributed by atoms with Gasteiger partial charge in [-0.25, -0.2) is 4.39 Å². The number of Topliss-reactive ketones (excluding diaryl/α,β-unsaturated/α-hetero) is 1. The van der Waals surface area contributed by atoms with Crippen LogP contribution >= 0.6 is 0 Å². The number of amides is 2. The van der Waals surface area contributed by atoms with Crippen molar-refractivity contribution in [1.29, 1.82) is 5.26 Å². The number of benzene rings is 1. The fourth-order valence-corrected chi connectivity index (χ4v) is 4.28. The maximum Gasteiger partial charge on any atom is 0.294 e. The number of nitriles is 1. The molecule has 0 spiro atoms. The van der Waals surface area contributed by atoms with Crippen LogP contribution in [0, 0.1) is 43.8 Å². The Hall–Kier alpha value is -3.47. The lowest BCUT2D eigenvalue weighted by molar-refractivity contribution is -0.117. The van der Waals surface area contributed by atoms with E-state index in [0.717, 1.165) is 0 Å². The highest BCUT2D eigenvalue weighted by Gasteiger charge is 2.30. The molecule has 0 unspecified atom stereocenters. The molecule has 7 nitrogen and oxygen atoms in total. The van der Waals surface area contributed by atoms with Crippen LogP contribution in [0.4, 0.5) is 10.1 Å². The minimum Gasteiger partial charge on any atom is -0.346 e. The predicted molar refractivity (Wildman–Crippen MR) is 118 cm³/mol. The molecule has 8 heteroatoms. The van der Waals surface area contributed by atoms with Gasteiger partial charge in [0.05, 0.1) is 17.3 Å². The molecule has 1 aliphatic carbocycles. The van der Waals surface area contributed by atoms with Gasteiger partial charge in [-0.15, -0.1) is 0 Å². The Labute approximate surface area is 186 Å². The van der Waals surface area contributed by atoms with Crippen molar-refractivity contribution in [2.45, 2.75) is 52.5 Å². The van der Waals surface area contributed by atoms with Crippen LogP contribution in [0.25, 0.3) is 0 Å². The topological polar surface area (TPSA) is 104 Å². The second-order valence-electron chi connectivity index (χ2n) is 8.39. The summed E-state index contributed by atoms with van der Waals surface area (Å²) in [5, 5.41) is 14.5. The third-order valence-electron chi connectivity index (χ3n) is 6.24. The van der Waals surface area contributed by atoms with Gasteiger partial charge in [0.1, 0.15) is 5.82 Å². The number of aromatic nitrogens is 1. The van der Waals surface area contributed by atoms with Gasteiger partial charge in [-0.2, -0.15) is 5.26 Å². The fourth-order valence-electron chi connectivity index (χ4n) is 4.28. The number of nitrogens with one attached hydrogen (secondary N) is 2. The summed E-state index contributed by atoms with van der Waals surface area (Å²) in [5.41, 5.74) is 2.27. The van der Waals surface area contributed by atoms with E-state index in [1.165, 1.54) is 18.2 Å². The molecule has 1 heterocycles. The van der Waals surface area contributed by atoms with E-state index < -0.39 is 17.6 Å². The fraction of sp³-hybridized carbons (Fsp3) is 0.417. The van der Waals surface area contributed by atoms with E-state index in [4.69, 9.17) is 5.26 Å². The maximum absolute atomic E-state index is 13.5. The standard InChI is InChI=1S/C24H27FN4O3/c1-13-11-18(9-10-19(13)25)28-23(31)20-14(2)21(29(4)15(20)3)22(30)24(32)27-17-7-5-16(12-26)6-8-17/h9-11,16-17H,5-8H2,1-4H3,(H,27,32)(H,28,31). The molecule has 3 rings (SSSR count). The van der Waals surface area contributed by atoms with Gasteiger partial charge in [0.15, 0.2) is 0 Å². The van der Waals surface area contributed by atoms with Gasteiger partial charge >= 0.3 is 0 Å². The van der Waals surface area contributed by atoms with E-state index in [1.54, 1.807) is 32.4 Å². The van der Waals surface area contributed by atoms with Crippen molar-refractivity contribution >= 4 is 23.3 Å². The van der Waals surface area contributed by atoms with Gasteiger partial charge in [-0.1, -0.05) is 0 Å². The molecule has 2 aromatic rings. The Morgan fingerprint density at radius 2 is 1.78 bits per heavy atom. The molecule has 1 aromatic heterocycles. The quantitative estimate of drug-likeness (QED) is 0.548. The molecule has 1 aliphatic rings. The molecule has 0 aliphatic heterocycles. The Morgan fingerprint density at radius 1 is 1.12 bits per heavy atom. The largest absolute Gasteiger partial charge is 0.346 e. The van der Waals surface area contributed by atoms with Crippen molar-refractivity contribution < 1.29 is 18.8 Å². The van der Waals surface area contributed by atoms with Crippen LogP contribution in [0.2, 0.25) is 0 Å².